The molecule has 0 saturated heterocycles. The maximum Gasteiger partial charge on any atom is 0.335 e. The second-order valence-electron chi connectivity index (χ2n) is 4.13. The minimum absolute atomic E-state index is 0.267. The fourth-order valence-corrected chi connectivity index (χ4v) is 1.91. The van der Waals surface area contributed by atoms with Crippen LogP contribution in [0.3, 0.4) is 0 Å². The number of allylic oxidation sites excluding steroid dienone is 3. The Morgan fingerprint density at radius 2 is 1.72 bits per heavy atom. The van der Waals surface area contributed by atoms with Crippen LogP contribution in [0.4, 0.5) is 0 Å². The molecule has 1 aromatic rings. The smallest absolute Gasteiger partial charge is 0.335 e. The second-order valence-corrected chi connectivity index (χ2v) is 4.13. The maximum absolute atomic E-state index is 11.0. The van der Waals surface area contributed by atoms with Crippen LogP contribution in [0.25, 0.3) is 5.57 Å². The first-order valence-corrected chi connectivity index (χ1v) is 5.61. The highest BCUT2D eigenvalue weighted by Crippen LogP contribution is 2.26. The number of aromatic carboxylic acids is 1. The van der Waals surface area contributed by atoms with Crippen molar-refractivity contribution in [3.8, 4) is 0 Å². The third-order valence-corrected chi connectivity index (χ3v) is 2.97. The maximum atomic E-state index is 11.0. The molecule has 0 aromatic heterocycles. The quantitative estimate of drug-likeness (QED) is 0.851. The van der Waals surface area contributed by atoms with Gasteiger partial charge in [-0.2, -0.15) is 0 Å². The zero-order chi connectivity index (χ0) is 13.1. The molecule has 0 spiro atoms. The largest absolute Gasteiger partial charge is 0.478 e. The number of hydrogen-bond donors (Lipinski definition) is 2. The third kappa shape index (κ3) is 2.48. The van der Waals surface area contributed by atoms with Crippen LogP contribution in [-0.2, 0) is 4.79 Å². The lowest BCUT2D eigenvalue weighted by atomic mass is 9.92. The predicted octanol–water partition coefficient (Wildman–Crippen LogP) is 1.97. The molecule has 0 aliphatic heterocycles. The molecule has 92 valence electrons. The van der Waals surface area contributed by atoms with Crippen molar-refractivity contribution in [1.82, 2.24) is 0 Å². The Morgan fingerprint density at radius 3 is 2.17 bits per heavy atom. The lowest BCUT2D eigenvalue weighted by Gasteiger charge is -2.13. The predicted molar refractivity (Wildman–Crippen MR) is 67.9 cm³/mol. The SMILES string of the molecule is NC(=O)C1=CC=C(c2ccc(C(=O)O)cc2)CC1. The van der Waals surface area contributed by atoms with E-state index in [-0.39, 0.29) is 11.5 Å². The lowest BCUT2D eigenvalue weighted by molar-refractivity contribution is -0.114. The Morgan fingerprint density at radius 1 is 1.06 bits per heavy atom. The summed E-state index contributed by atoms with van der Waals surface area (Å²) in [5.41, 5.74) is 8.15. The standard InChI is InChI=1S/C14H13NO3/c15-13(16)11-5-1-9(2-6-11)10-3-7-12(8-4-10)14(17)18/h1,3-5,7-8H,2,6H2,(H2,15,16)(H,17,18). The van der Waals surface area contributed by atoms with E-state index in [0.717, 1.165) is 17.6 Å². The molecule has 1 aliphatic rings. The summed E-state index contributed by atoms with van der Waals surface area (Å²) >= 11 is 0. The molecule has 1 amide bonds. The number of carbonyl (C=O) groups is 2. The van der Waals surface area contributed by atoms with Crippen molar-refractivity contribution in [3.05, 3.63) is 53.1 Å². The summed E-state index contributed by atoms with van der Waals surface area (Å²) < 4.78 is 0. The van der Waals surface area contributed by atoms with E-state index >= 15 is 0 Å². The summed E-state index contributed by atoms with van der Waals surface area (Å²) in [5.74, 6) is -1.32. The van der Waals surface area contributed by atoms with E-state index in [1.165, 1.54) is 0 Å². The van der Waals surface area contributed by atoms with Gasteiger partial charge in [-0.15, -0.1) is 0 Å². The van der Waals surface area contributed by atoms with Crippen LogP contribution in [0.1, 0.15) is 28.8 Å². The number of rotatable bonds is 3. The molecule has 1 aromatic carbocycles. The van der Waals surface area contributed by atoms with Gasteiger partial charge < -0.3 is 10.8 Å². The highest BCUT2D eigenvalue weighted by atomic mass is 16.4. The topological polar surface area (TPSA) is 80.4 Å². The van der Waals surface area contributed by atoms with Crippen LogP contribution in [0, 0.1) is 0 Å². The molecule has 0 heterocycles. The number of nitrogens with two attached hydrogens (primary N) is 1. The molecule has 0 atom stereocenters. The number of benzene rings is 1. The van der Waals surface area contributed by atoms with Gasteiger partial charge in [0.1, 0.15) is 0 Å². The highest BCUT2D eigenvalue weighted by molar-refractivity contribution is 5.94. The van der Waals surface area contributed by atoms with Gasteiger partial charge in [0.25, 0.3) is 0 Å². The Balaban J connectivity index is 2.23. The van der Waals surface area contributed by atoms with Crippen molar-refractivity contribution < 1.29 is 14.7 Å². The van der Waals surface area contributed by atoms with Crippen LogP contribution in [0.5, 0.6) is 0 Å². The Hall–Kier alpha value is -2.36. The fourth-order valence-electron chi connectivity index (χ4n) is 1.91. The summed E-state index contributed by atoms with van der Waals surface area (Å²) in [6, 6.07) is 6.70. The van der Waals surface area contributed by atoms with Gasteiger partial charge in [-0.3, -0.25) is 4.79 Å². The van der Waals surface area contributed by atoms with Crippen LogP contribution in [0.2, 0.25) is 0 Å². The Bertz CT molecular complexity index is 553. The number of primary amides is 1. The van der Waals surface area contributed by atoms with Gasteiger partial charge in [0, 0.05) is 5.57 Å². The van der Waals surface area contributed by atoms with Crippen molar-refractivity contribution in [3.63, 3.8) is 0 Å². The molecule has 4 heteroatoms. The van der Waals surface area contributed by atoms with Gasteiger partial charge in [-0.25, -0.2) is 4.79 Å². The first kappa shape index (κ1) is 12.1. The summed E-state index contributed by atoms with van der Waals surface area (Å²) in [6.45, 7) is 0. The molecule has 0 unspecified atom stereocenters. The van der Waals surface area contributed by atoms with E-state index in [0.29, 0.717) is 12.0 Å². The van der Waals surface area contributed by atoms with Crippen molar-refractivity contribution in [2.24, 2.45) is 5.73 Å². The van der Waals surface area contributed by atoms with Crippen LogP contribution in [0.15, 0.2) is 42.0 Å². The van der Waals surface area contributed by atoms with Gasteiger partial charge in [0.15, 0.2) is 0 Å². The fraction of sp³-hybridized carbons (Fsp3) is 0.143. The monoisotopic (exact) mass is 243 g/mol. The molecule has 0 radical (unpaired) electrons. The average Bonchev–Trinajstić information content (AvgIpc) is 2.39. The summed E-state index contributed by atoms with van der Waals surface area (Å²) in [5, 5.41) is 8.81. The van der Waals surface area contributed by atoms with E-state index in [2.05, 4.69) is 0 Å². The molecule has 4 nitrogen and oxygen atoms in total. The third-order valence-electron chi connectivity index (χ3n) is 2.97. The normalized spacial score (nSPS) is 14.7. The van der Waals surface area contributed by atoms with Crippen molar-refractivity contribution in [2.45, 2.75) is 12.8 Å². The average molecular weight is 243 g/mol. The summed E-state index contributed by atoms with van der Waals surface area (Å²) in [6.07, 6.45) is 4.95. The number of hydrogen-bond acceptors (Lipinski definition) is 2. The van der Waals surface area contributed by atoms with E-state index in [1.807, 2.05) is 6.08 Å². The zero-order valence-corrected chi connectivity index (χ0v) is 9.72. The first-order chi connectivity index (χ1) is 8.58. The minimum atomic E-state index is -0.935. The molecular formula is C14H13NO3. The van der Waals surface area contributed by atoms with Crippen LogP contribution < -0.4 is 5.73 Å². The lowest BCUT2D eigenvalue weighted by Crippen LogP contribution is -2.15. The summed E-state index contributed by atoms with van der Waals surface area (Å²) in [7, 11) is 0. The van der Waals surface area contributed by atoms with Gasteiger partial charge in [0.2, 0.25) is 5.91 Å². The second kappa shape index (κ2) is 4.87. The van der Waals surface area contributed by atoms with Gasteiger partial charge in [-0.05, 0) is 36.1 Å². The molecule has 0 fully saturated rings. The molecule has 1 aliphatic carbocycles. The van der Waals surface area contributed by atoms with Crippen LogP contribution in [-0.4, -0.2) is 17.0 Å². The number of carbonyl (C=O) groups excluding carboxylic acids is 1. The van der Waals surface area contributed by atoms with Gasteiger partial charge >= 0.3 is 5.97 Å². The molecule has 0 saturated carbocycles. The Labute approximate surface area is 104 Å². The number of carboxylic acid groups (broad SMARTS) is 1. The van der Waals surface area contributed by atoms with Gasteiger partial charge in [-0.1, -0.05) is 24.3 Å². The van der Waals surface area contributed by atoms with Crippen molar-refractivity contribution in [1.29, 1.82) is 0 Å². The van der Waals surface area contributed by atoms with E-state index in [4.69, 9.17) is 10.8 Å². The minimum Gasteiger partial charge on any atom is -0.478 e. The summed E-state index contributed by atoms with van der Waals surface area (Å²) in [4.78, 5) is 21.7. The zero-order valence-electron chi connectivity index (χ0n) is 9.72. The molecule has 18 heavy (non-hydrogen) atoms. The number of amides is 1. The van der Waals surface area contributed by atoms with Crippen molar-refractivity contribution >= 4 is 17.4 Å². The number of carboxylic acids is 1. The first-order valence-electron chi connectivity index (χ1n) is 5.61. The van der Waals surface area contributed by atoms with Crippen LogP contribution >= 0.6 is 0 Å². The molecular weight excluding hydrogens is 230 g/mol. The van der Waals surface area contributed by atoms with E-state index < -0.39 is 5.97 Å². The highest BCUT2D eigenvalue weighted by Gasteiger charge is 2.12. The molecule has 0 bridgehead atoms. The van der Waals surface area contributed by atoms with E-state index in [9.17, 15) is 9.59 Å². The molecule has 3 N–H and O–H groups in total. The van der Waals surface area contributed by atoms with E-state index in [1.54, 1.807) is 30.3 Å². The van der Waals surface area contributed by atoms with Crippen molar-refractivity contribution in [2.75, 3.05) is 0 Å². The Kier molecular flexibility index (Phi) is 3.28. The molecule has 2 rings (SSSR count). The van der Waals surface area contributed by atoms with Gasteiger partial charge in [0.05, 0.1) is 5.56 Å².